The molecular formula is C24H17BrClN3O3. The molecule has 0 aliphatic carbocycles. The van der Waals surface area contributed by atoms with Crippen LogP contribution in [0.15, 0.2) is 65.1 Å². The van der Waals surface area contributed by atoms with Crippen LogP contribution in [0, 0.1) is 11.3 Å². The molecule has 0 aromatic heterocycles. The lowest BCUT2D eigenvalue weighted by Gasteiger charge is -2.18. The molecule has 0 spiro atoms. The number of nitrogens with zero attached hydrogens (tertiary/aromatic N) is 2. The van der Waals surface area contributed by atoms with Gasteiger partial charge in [-0.15, -0.1) is 0 Å². The minimum atomic E-state index is -0.542. The molecule has 1 heterocycles. The summed E-state index contributed by atoms with van der Waals surface area (Å²) in [6.07, 6.45) is 0.309. The van der Waals surface area contributed by atoms with E-state index in [4.69, 9.17) is 22.1 Å². The molecule has 160 valence electrons. The molecule has 1 saturated heterocycles. The highest BCUT2D eigenvalue weighted by atomic mass is 79.9. The number of halogens is 2. The Balaban J connectivity index is 1.59. The van der Waals surface area contributed by atoms with E-state index < -0.39 is 5.91 Å². The van der Waals surface area contributed by atoms with E-state index in [9.17, 15) is 14.9 Å². The van der Waals surface area contributed by atoms with Gasteiger partial charge in [-0.25, -0.2) is 0 Å². The average Bonchev–Trinajstić information content (AvgIpc) is 3.18. The van der Waals surface area contributed by atoms with Crippen LogP contribution in [0.4, 0.5) is 5.69 Å². The third-order valence-electron chi connectivity index (χ3n) is 5.28. The standard InChI is InChI=1S/C24H17BrClN3O3/c25-18-5-7-21(16(8-18)12-27)32-22-10-14(4-6-20(22)26)17-11-23(30)29(13-17)19-3-1-2-15(9-19)24(28)31/h1-10,17H,11,13H2,(H2,28,31)/t17-/m0/s1. The van der Waals surface area contributed by atoms with Crippen molar-refractivity contribution in [3.05, 3.63) is 86.8 Å². The van der Waals surface area contributed by atoms with Crippen molar-refractivity contribution >= 4 is 45.0 Å². The minimum Gasteiger partial charge on any atom is -0.454 e. The molecule has 3 aromatic rings. The van der Waals surface area contributed by atoms with Gasteiger partial charge in [0.25, 0.3) is 0 Å². The second-order valence-electron chi connectivity index (χ2n) is 7.36. The molecule has 3 aromatic carbocycles. The summed E-state index contributed by atoms with van der Waals surface area (Å²) in [7, 11) is 0. The van der Waals surface area contributed by atoms with Gasteiger partial charge in [-0.2, -0.15) is 5.26 Å². The summed E-state index contributed by atoms with van der Waals surface area (Å²) in [4.78, 5) is 25.8. The maximum atomic E-state index is 12.7. The van der Waals surface area contributed by atoms with Gasteiger partial charge in [0.15, 0.2) is 0 Å². The fraction of sp³-hybridized carbons (Fsp3) is 0.125. The van der Waals surface area contributed by atoms with E-state index in [0.29, 0.717) is 46.3 Å². The molecule has 0 bridgehead atoms. The van der Waals surface area contributed by atoms with Gasteiger partial charge in [-0.05, 0) is 54.1 Å². The van der Waals surface area contributed by atoms with Crippen LogP contribution in [-0.2, 0) is 4.79 Å². The van der Waals surface area contributed by atoms with Crippen LogP contribution in [-0.4, -0.2) is 18.4 Å². The molecule has 32 heavy (non-hydrogen) atoms. The van der Waals surface area contributed by atoms with Gasteiger partial charge in [-0.3, -0.25) is 9.59 Å². The Morgan fingerprint density at radius 1 is 1.16 bits per heavy atom. The Morgan fingerprint density at radius 3 is 2.72 bits per heavy atom. The number of benzene rings is 3. The maximum Gasteiger partial charge on any atom is 0.248 e. The lowest BCUT2D eigenvalue weighted by Crippen LogP contribution is -2.24. The van der Waals surface area contributed by atoms with Crippen molar-refractivity contribution < 1.29 is 14.3 Å². The van der Waals surface area contributed by atoms with E-state index in [2.05, 4.69) is 22.0 Å². The fourth-order valence-electron chi connectivity index (χ4n) is 3.66. The highest BCUT2D eigenvalue weighted by Crippen LogP contribution is 2.38. The highest BCUT2D eigenvalue weighted by molar-refractivity contribution is 9.10. The predicted molar refractivity (Wildman–Crippen MR) is 125 cm³/mol. The van der Waals surface area contributed by atoms with E-state index in [1.165, 1.54) is 0 Å². The third-order valence-corrected chi connectivity index (χ3v) is 6.08. The van der Waals surface area contributed by atoms with Crippen LogP contribution in [0.5, 0.6) is 11.5 Å². The van der Waals surface area contributed by atoms with Crippen LogP contribution in [0.1, 0.15) is 33.8 Å². The summed E-state index contributed by atoms with van der Waals surface area (Å²) >= 11 is 9.68. The molecule has 2 N–H and O–H groups in total. The molecule has 2 amide bonds. The zero-order valence-corrected chi connectivity index (χ0v) is 19.1. The first kappa shape index (κ1) is 21.9. The predicted octanol–water partition coefficient (Wildman–Crippen LogP) is 5.39. The van der Waals surface area contributed by atoms with Gasteiger partial charge in [0, 0.05) is 34.6 Å². The smallest absolute Gasteiger partial charge is 0.248 e. The number of rotatable bonds is 5. The SMILES string of the molecule is N#Cc1cc(Br)ccc1Oc1cc([C@H]2CC(=O)N(c3cccc(C(N)=O)c3)C2)ccc1Cl. The van der Waals surface area contributed by atoms with Gasteiger partial charge in [0.1, 0.15) is 17.6 Å². The summed E-state index contributed by atoms with van der Waals surface area (Å²) in [5.74, 6) is 0.124. The lowest BCUT2D eigenvalue weighted by atomic mass is 9.98. The van der Waals surface area contributed by atoms with Gasteiger partial charge < -0.3 is 15.4 Å². The van der Waals surface area contributed by atoms with Gasteiger partial charge in [0.2, 0.25) is 11.8 Å². The van der Waals surface area contributed by atoms with Gasteiger partial charge in [-0.1, -0.05) is 39.7 Å². The number of carbonyl (C=O) groups is 2. The summed E-state index contributed by atoms with van der Waals surface area (Å²) in [5, 5.41) is 9.78. The Morgan fingerprint density at radius 2 is 1.97 bits per heavy atom. The molecule has 4 rings (SSSR count). The van der Waals surface area contributed by atoms with E-state index in [1.807, 2.05) is 6.07 Å². The zero-order chi connectivity index (χ0) is 22.8. The van der Waals surface area contributed by atoms with E-state index in [0.717, 1.165) is 10.0 Å². The van der Waals surface area contributed by atoms with Gasteiger partial charge in [0.05, 0.1) is 10.6 Å². The Labute approximate surface area is 198 Å². The number of primary amides is 1. The van der Waals surface area contributed by atoms with Crippen molar-refractivity contribution in [3.8, 4) is 17.6 Å². The molecule has 1 fully saturated rings. The summed E-state index contributed by atoms with van der Waals surface area (Å²) < 4.78 is 6.71. The van der Waals surface area contributed by atoms with Crippen molar-refractivity contribution in [1.82, 2.24) is 0 Å². The largest absolute Gasteiger partial charge is 0.454 e. The number of hydrogen-bond acceptors (Lipinski definition) is 4. The first-order chi connectivity index (χ1) is 15.4. The van der Waals surface area contributed by atoms with Crippen molar-refractivity contribution in [3.63, 3.8) is 0 Å². The second kappa shape index (κ2) is 9.03. The maximum absolute atomic E-state index is 12.7. The van der Waals surface area contributed by atoms with Crippen LogP contribution in [0.3, 0.4) is 0 Å². The molecule has 0 unspecified atom stereocenters. The average molecular weight is 511 g/mol. The normalized spacial score (nSPS) is 15.5. The summed E-state index contributed by atoms with van der Waals surface area (Å²) in [6, 6.07) is 19.3. The first-order valence-corrected chi connectivity index (χ1v) is 10.9. The van der Waals surface area contributed by atoms with Crippen LogP contribution in [0.2, 0.25) is 5.02 Å². The fourth-order valence-corrected chi connectivity index (χ4v) is 4.17. The molecular weight excluding hydrogens is 494 g/mol. The number of anilines is 1. The topological polar surface area (TPSA) is 96.4 Å². The Hall–Kier alpha value is -3.34. The lowest BCUT2D eigenvalue weighted by molar-refractivity contribution is -0.117. The number of nitriles is 1. The Bertz CT molecular complexity index is 1270. The molecule has 0 saturated carbocycles. The van der Waals surface area contributed by atoms with Crippen molar-refractivity contribution in [2.45, 2.75) is 12.3 Å². The van der Waals surface area contributed by atoms with Crippen LogP contribution in [0.25, 0.3) is 0 Å². The molecule has 0 radical (unpaired) electrons. The van der Waals surface area contributed by atoms with Gasteiger partial charge >= 0.3 is 0 Å². The highest BCUT2D eigenvalue weighted by Gasteiger charge is 2.32. The number of ether oxygens (including phenoxy) is 1. The zero-order valence-electron chi connectivity index (χ0n) is 16.7. The van der Waals surface area contributed by atoms with Crippen molar-refractivity contribution in [2.24, 2.45) is 5.73 Å². The molecule has 8 heteroatoms. The quantitative estimate of drug-likeness (QED) is 0.498. The van der Waals surface area contributed by atoms with Crippen LogP contribution >= 0.6 is 27.5 Å². The summed E-state index contributed by atoms with van der Waals surface area (Å²) in [5.41, 5.74) is 7.61. The number of nitrogens with two attached hydrogens (primary N) is 1. The Kier molecular flexibility index (Phi) is 6.17. The molecule has 1 aliphatic rings. The van der Waals surface area contributed by atoms with Crippen molar-refractivity contribution in [1.29, 1.82) is 5.26 Å². The van der Waals surface area contributed by atoms with Crippen LogP contribution < -0.4 is 15.4 Å². The minimum absolute atomic E-state index is 0.0475. The van der Waals surface area contributed by atoms with E-state index >= 15 is 0 Å². The number of hydrogen-bond donors (Lipinski definition) is 1. The second-order valence-corrected chi connectivity index (χ2v) is 8.69. The van der Waals surface area contributed by atoms with Crippen molar-refractivity contribution in [2.75, 3.05) is 11.4 Å². The van der Waals surface area contributed by atoms with E-state index in [-0.39, 0.29) is 11.8 Å². The molecule has 1 atom stereocenters. The van der Waals surface area contributed by atoms with E-state index in [1.54, 1.807) is 59.5 Å². The molecule has 1 aliphatic heterocycles. The number of carbonyl (C=O) groups excluding carboxylic acids is 2. The third kappa shape index (κ3) is 4.47. The molecule has 6 nitrogen and oxygen atoms in total. The monoisotopic (exact) mass is 509 g/mol. The first-order valence-electron chi connectivity index (χ1n) is 9.73. The summed E-state index contributed by atoms with van der Waals surface area (Å²) in [6.45, 7) is 0.448. The number of amides is 2.